The molecular formula is C16H27Cl2NOSiZr. The first-order valence-electron chi connectivity index (χ1n) is 7.54. The van der Waals surface area contributed by atoms with E-state index in [4.69, 9.17) is 17.0 Å². The van der Waals surface area contributed by atoms with Crippen LogP contribution in [0.2, 0.25) is 19.6 Å². The van der Waals surface area contributed by atoms with Gasteiger partial charge in [-0.3, -0.25) is 4.99 Å². The Kier molecular flexibility index (Phi) is 11.2. The van der Waals surface area contributed by atoms with E-state index in [0.717, 1.165) is 23.6 Å². The fourth-order valence-corrected chi connectivity index (χ4v) is 3.68. The third-order valence-corrected chi connectivity index (χ3v) is 5.46. The second kappa shape index (κ2) is 11.0. The van der Waals surface area contributed by atoms with Crippen molar-refractivity contribution in [3.05, 3.63) is 23.3 Å². The maximum atomic E-state index is 10.5. The van der Waals surface area contributed by atoms with Crippen LogP contribution in [0.4, 0.5) is 0 Å². The number of benzene rings is 1. The van der Waals surface area contributed by atoms with Gasteiger partial charge in [0.25, 0.3) is 0 Å². The van der Waals surface area contributed by atoms with Gasteiger partial charge in [-0.25, -0.2) is 0 Å². The Morgan fingerprint density at radius 3 is 2.14 bits per heavy atom. The van der Waals surface area contributed by atoms with Crippen LogP contribution in [0, 0.1) is 6.92 Å². The first kappa shape index (κ1) is 22.4. The van der Waals surface area contributed by atoms with E-state index < -0.39 is 28.9 Å². The summed E-state index contributed by atoms with van der Waals surface area (Å²) in [6, 6.07) is 4.50. The number of aliphatic imine (C=N–C) groups is 1. The van der Waals surface area contributed by atoms with Crippen molar-refractivity contribution in [3.8, 4) is 5.75 Å². The third kappa shape index (κ3) is 7.77. The topological polar surface area (TPSA) is 32.6 Å². The zero-order chi connectivity index (χ0) is 17.3. The molecule has 0 bridgehead atoms. The van der Waals surface area contributed by atoms with Crippen LogP contribution >= 0.6 is 17.0 Å². The van der Waals surface area contributed by atoms with Gasteiger partial charge in [0.05, 0.1) is 8.07 Å². The van der Waals surface area contributed by atoms with Gasteiger partial charge < -0.3 is 5.11 Å². The van der Waals surface area contributed by atoms with E-state index in [1.807, 2.05) is 12.3 Å². The molecule has 0 atom stereocenters. The summed E-state index contributed by atoms with van der Waals surface area (Å²) in [7, 11) is 8.34. The van der Waals surface area contributed by atoms with Crippen molar-refractivity contribution in [2.45, 2.75) is 59.3 Å². The van der Waals surface area contributed by atoms with Gasteiger partial charge in [0, 0.05) is 17.8 Å². The number of nitrogens with zero attached hydrogens (tertiary/aromatic N) is 1. The minimum absolute atomic E-state index is 0.357. The van der Waals surface area contributed by atoms with Crippen LogP contribution in [0.3, 0.4) is 0 Å². The second-order valence-electron chi connectivity index (χ2n) is 6.32. The molecule has 0 heterocycles. The zero-order valence-corrected chi connectivity index (χ0v) is 19.3. The summed E-state index contributed by atoms with van der Waals surface area (Å²) < 4.78 is 0. The molecule has 0 radical (unpaired) electrons. The zero-order valence-electron chi connectivity index (χ0n) is 14.4. The summed E-state index contributed by atoms with van der Waals surface area (Å²) in [5.74, 6) is 0.430. The van der Waals surface area contributed by atoms with Crippen molar-refractivity contribution >= 4 is 36.5 Å². The van der Waals surface area contributed by atoms with Gasteiger partial charge >= 0.3 is 37.9 Å². The Labute approximate surface area is 155 Å². The van der Waals surface area contributed by atoms with Crippen molar-refractivity contribution in [1.29, 1.82) is 0 Å². The van der Waals surface area contributed by atoms with E-state index >= 15 is 0 Å². The number of rotatable bonds is 5. The van der Waals surface area contributed by atoms with Gasteiger partial charge in [0.2, 0.25) is 0 Å². The molecule has 1 N–H and O–H groups in total. The summed E-state index contributed by atoms with van der Waals surface area (Å²) in [6.07, 6.45) is 3.94. The molecule has 0 saturated carbocycles. The molecule has 22 heavy (non-hydrogen) atoms. The number of aromatic hydroxyl groups is 1. The van der Waals surface area contributed by atoms with Crippen molar-refractivity contribution < 1.29 is 26.0 Å². The normalized spacial score (nSPS) is 11.5. The first-order valence-corrected chi connectivity index (χ1v) is 17.4. The number of halogens is 2. The molecule has 1 aromatic carbocycles. The van der Waals surface area contributed by atoms with E-state index in [-0.39, 0.29) is 0 Å². The second-order valence-corrected chi connectivity index (χ2v) is 15.1. The molecule has 0 saturated heterocycles. The Hall–Kier alpha value is 0.370. The molecule has 0 amide bonds. The maximum absolute atomic E-state index is 10.5. The number of phenolic OH excluding ortho intramolecular Hbond substituents is 1. The number of hydrogen-bond donors (Lipinski definition) is 1. The van der Waals surface area contributed by atoms with Gasteiger partial charge in [-0.15, -0.1) is 0 Å². The van der Waals surface area contributed by atoms with E-state index in [9.17, 15) is 5.11 Å². The van der Waals surface area contributed by atoms with Crippen LogP contribution in [0.25, 0.3) is 0 Å². The molecule has 6 heteroatoms. The summed E-state index contributed by atoms with van der Waals surface area (Å²) in [5.41, 5.74) is 2.06. The van der Waals surface area contributed by atoms with Gasteiger partial charge in [-0.05, 0) is 31.0 Å². The SMILES string of the molecule is CCC(CC)N=Cc1cc(C)cc([Si](C)(C)C)c1O.[Cl][Zr][Cl]. The molecule has 1 aromatic rings. The number of hydrogen-bond acceptors (Lipinski definition) is 2. The number of phenols is 1. The average molecular weight is 440 g/mol. The van der Waals surface area contributed by atoms with Crippen LogP contribution < -0.4 is 5.19 Å². The van der Waals surface area contributed by atoms with Crippen molar-refractivity contribution in [2.75, 3.05) is 0 Å². The molecule has 0 aromatic heterocycles. The monoisotopic (exact) mass is 437 g/mol. The third-order valence-electron chi connectivity index (χ3n) is 3.46. The van der Waals surface area contributed by atoms with Crippen molar-refractivity contribution in [2.24, 2.45) is 4.99 Å². The van der Waals surface area contributed by atoms with Crippen LogP contribution in [0.15, 0.2) is 17.1 Å². The molecular weight excluding hydrogens is 412 g/mol. The summed E-state index contributed by atoms with van der Waals surface area (Å²) >= 11 is -0.826. The van der Waals surface area contributed by atoms with E-state index in [0.29, 0.717) is 11.8 Å². The Morgan fingerprint density at radius 1 is 1.23 bits per heavy atom. The van der Waals surface area contributed by atoms with Crippen molar-refractivity contribution in [1.82, 2.24) is 0 Å². The molecule has 124 valence electrons. The summed E-state index contributed by atoms with van der Waals surface area (Å²) in [6.45, 7) is 13.1. The average Bonchev–Trinajstić information content (AvgIpc) is 2.42. The summed E-state index contributed by atoms with van der Waals surface area (Å²) in [4.78, 5) is 4.59. The quantitative estimate of drug-likeness (QED) is 0.495. The Bertz CT molecular complexity index is 486. The predicted octanol–water partition coefficient (Wildman–Crippen LogP) is 5.23. The molecule has 2 nitrogen and oxygen atoms in total. The van der Waals surface area contributed by atoms with E-state index in [2.05, 4.69) is 51.5 Å². The Morgan fingerprint density at radius 2 is 1.73 bits per heavy atom. The molecule has 1 rings (SSSR count). The molecule has 0 aliphatic carbocycles. The van der Waals surface area contributed by atoms with Gasteiger partial charge in [0.1, 0.15) is 5.75 Å². The van der Waals surface area contributed by atoms with Gasteiger partial charge in [0.15, 0.2) is 0 Å². The first-order chi connectivity index (χ1) is 10.2. The minimum atomic E-state index is -1.53. The molecule has 0 fully saturated rings. The van der Waals surface area contributed by atoms with Crippen LogP contribution in [-0.4, -0.2) is 25.4 Å². The van der Waals surface area contributed by atoms with E-state index in [1.165, 1.54) is 5.56 Å². The predicted molar refractivity (Wildman–Crippen MR) is 99.5 cm³/mol. The van der Waals surface area contributed by atoms with E-state index in [1.54, 1.807) is 0 Å². The fourth-order valence-electron chi connectivity index (χ4n) is 2.16. The Balaban J connectivity index is 0.00000135. The van der Waals surface area contributed by atoms with Gasteiger partial charge in [-0.1, -0.05) is 45.1 Å². The molecule has 0 aliphatic rings. The van der Waals surface area contributed by atoms with Crippen LogP contribution in [0.1, 0.15) is 37.8 Å². The molecule has 0 aliphatic heterocycles. The number of aryl methyl sites for hydroxylation is 1. The molecule has 0 spiro atoms. The summed E-state index contributed by atoms with van der Waals surface area (Å²) in [5, 5.41) is 11.6. The van der Waals surface area contributed by atoms with Gasteiger partial charge in [-0.2, -0.15) is 0 Å². The van der Waals surface area contributed by atoms with Crippen LogP contribution in [-0.2, 0) is 20.8 Å². The molecule has 0 unspecified atom stereocenters. The van der Waals surface area contributed by atoms with Crippen molar-refractivity contribution in [3.63, 3.8) is 0 Å². The van der Waals surface area contributed by atoms with Crippen LogP contribution in [0.5, 0.6) is 5.75 Å². The fraction of sp³-hybridized carbons (Fsp3) is 0.562. The standard InChI is InChI=1S/C16H27NOSi.2ClH.Zr/c1-7-14(8-2)17-11-13-9-12(3)10-15(16(13)18)19(4,5)6;;;/h9-11,14,18H,7-8H2,1-6H3;2*1H;/q;;;+2/p-2.